The van der Waals surface area contributed by atoms with E-state index in [9.17, 15) is 24.3 Å². The van der Waals surface area contributed by atoms with Gasteiger partial charge in [0.15, 0.2) is 16.8 Å². The summed E-state index contributed by atoms with van der Waals surface area (Å²) in [4.78, 5) is 49.1. The first-order chi connectivity index (χ1) is 27.0. The minimum atomic E-state index is -1.18. The normalized spacial score (nSPS) is 23.7. The van der Waals surface area contributed by atoms with Gasteiger partial charge in [-0.3, -0.25) is 4.79 Å². The Morgan fingerprint density at radius 2 is 0.983 bits per heavy atom. The SMILES string of the molecule is C[C-](C)OC1CCCCC1OC(=O)C(C)(C)OCCOC(=O)C(C)(C)OC1CCCC(O)C1.C[C-](C)OC1CCCCC1OC(=O)C(C)(C)OCCOC(=O)C(C)C.[Y].[Y]. The third kappa shape index (κ3) is 22.7. The second-order valence-electron chi connectivity index (χ2n) is 17.8. The van der Waals surface area contributed by atoms with E-state index in [-0.39, 0.29) is 140 Å². The van der Waals surface area contributed by atoms with E-state index in [1.54, 1.807) is 55.4 Å². The molecule has 0 aromatic carbocycles. The molecule has 0 spiro atoms. The fourth-order valence-electron chi connectivity index (χ4n) is 6.85. The second-order valence-corrected chi connectivity index (χ2v) is 17.8. The van der Waals surface area contributed by atoms with Crippen molar-refractivity contribution >= 4 is 23.9 Å². The van der Waals surface area contributed by atoms with Gasteiger partial charge in [0.05, 0.1) is 43.5 Å². The van der Waals surface area contributed by atoms with Crippen LogP contribution in [-0.4, -0.2) is 109 Å². The molecule has 3 aliphatic carbocycles. The van der Waals surface area contributed by atoms with Gasteiger partial charge in [-0.15, -0.1) is 0 Å². The van der Waals surface area contributed by atoms with Crippen LogP contribution in [0, 0.1) is 18.1 Å². The van der Waals surface area contributed by atoms with Crippen LogP contribution in [0.15, 0.2) is 0 Å². The average Bonchev–Trinajstić information content (AvgIpc) is 3.13. The molecule has 0 bridgehead atoms. The zero-order valence-electron chi connectivity index (χ0n) is 38.8. The topological polar surface area (TPSA) is 172 Å². The third-order valence-electron chi connectivity index (χ3n) is 10.2. The summed E-state index contributed by atoms with van der Waals surface area (Å²) in [5.41, 5.74) is -3.40. The third-order valence-corrected chi connectivity index (χ3v) is 10.2. The Balaban J connectivity index is 0.00000116. The van der Waals surface area contributed by atoms with E-state index in [1.807, 2.05) is 27.7 Å². The van der Waals surface area contributed by atoms with E-state index in [0.29, 0.717) is 6.42 Å². The zero-order valence-corrected chi connectivity index (χ0v) is 44.4. The molecule has 0 saturated heterocycles. The molecule has 0 aromatic heterocycles. The molecule has 0 aliphatic heterocycles. The number of aliphatic hydroxyl groups is 1. The van der Waals surface area contributed by atoms with Crippen LogP contribution in [0.3, 0.4) is 0 Å². The Bertz CT molecular complexity index is 1260. The van der Waals surface area contributed by atoms with E-state index in [4.69, 9.17) is 42.6 Å². The van der Waals surface area contributed by atoms with Crippen molar-refractivity contribution in [2.45, 2.75) is 214 Å². The fourth-order valence-corrected chi connectivity index (χ4v) is 6.85. The van der Waals surface area contributed by atoms with Crippen molar-refractivity contribution in [3.8, 4) is 0 Å². The van der Waals surface area contributed by atoms with Crippen molar-refractivity contribution in [1.29, 1.82) is 0 Å². The van der Waals surface area contributed by atoms with Gasteiger partial charge >= 0.3 is 23.9 Å². The average molecular weight is 1010 g/mol. The van der Waals surface area contributed by atoms with Gasteiger partial charge in [0.25, 0.3) is 0 Å². The summed E-state index contributed by atoms with van der Waals surface area (Å²) in [5, 5.41) is 9.81. The molecule has 2 radical (unpaired) electrons. The monoisotopic (exact) mass is 1010 g/mol. The Morgan fingerprint density at radius 1 is 0.567 bits per heavy atom. The molecule has 3 rings (SSSR count). The molecular weight excluding hydrogens is 930 g/mol. The van der Waals surface area contributed by atoms with E-state index in [2.05, 4.69) is 0 Å². The smallest absolute Gasteiger partial charge is 0.338 e. The Labute approximate surface area is 411 Å². The van der Waals surface area contributed by atoms with E-state index < -0.39 is 34.7 Å². The Morgan fingerprint density at radius 3 is 1.38 bits per heavy atom. The molecule has 6 unspecified atom stereocenters. The van der Waals surface area contributed by atoms with Gasteiger partial charge in [0, 0.05) is 65.4 Å². The van der Waals surface area contributed by atoms with Crippen LogP contribution >= 0.6 is 0 Å². The van der Waals surface area contributed by atoms with Gasteiger partial charge in [-0.2, -0.15) is 27.7 Å². The Kier molecular flexibility index (Phi) is 29.3. The van der Waals surface area contributed by atoms with Crippen molar-refractivity contribution in [3.05, 3.63) is 12.2 Å². The molecule has 14 nitrogen and oxygen atoms in total. The van der Waals surface area contributed by atoms with Crippen molar-refractivity contribution in [2.24, 2.45) is 5.92 Å². The van der Waals surface area contributed by atoms with E-state index >= 15 is 0 Å². The summed E-state index contributed by atoms with van der Waals surface area (Å²) in [6, 6.07) is 0. The second kappa shape index (κ2) is 29.4. The molecule has 344 valence electrons. The predicted molar refractivity (Wildman–Crippen MR) is 216 cm³/mol. The Hall–Kier alpha value is -0.152. The summed E-state index contributed by atoms with van der Waals surface area (Å²) < 4.78 is 50.7. The summed E-state index contributed by atoms with van der Waals surface area (Å²) in [5.74, 6) is -1.84. The minimum absolute atomic E-state index is 0. The van der Waals surface area contributed by atoms with Crippen molar-refractivity contribution in [2.75, 3.05) is 26.4 Å². The van der Waals surface area contributed by atoms with Crippen LogP contribution in [0.1, 0.15) is 160 Å². The first-order valence-corrected chi connectivity index (χ1v) is 21.4. The van der Waals surface area contributed by atoms with Crippen LogP contribution in [0.4, 0.5) is 0 Å². The van der Waals surface area contributed by atoms with Gasteiger partial charge in [0.2, 0.25) is 0 Å². The summed E-state index contributed by atoms with van der Waals surface area (Å²) >= 11 is 0. The van der Waals surface area contributed by atoms with Crippen molar-refractivity contribution in [1.82, 2.24) is 0 Å². The number of esters is 4. The summed E-state index contributed by atoms with van der Waals surface area (Å²) in [7, 11) is 0. The molecule has 3 saturated carbocycles. The largest absolute Gasteiger partial charge is 0.544 e. The molecule has 3 aliphatic rings. The molecule has 16 heteroatoms. The number of rotatable bonds is 20. The number of hydrogen-bond donors (Lipinski definition) is 1. The minimum Gasteiger partial charge on any atom is -0.544 e. The first kappa shape index (κ1) is 59.8. The van der Waals surface area contributed by atoms with Gasteiger partial charge in [-0.25, -0.2) is 26.6 Å². The van der Waals surface area contributed by atoms with Crippen LogP contribution in [0.2, 0.25) is 0 Å². The van der Waals surface area contributed by atoms with Crippen LogP contribution < -0.4 is 0 Å². The van der Waals surface area contributed by atoms with Gasteiger partial charge in [-0.05, 0) is 106 Å². The number of ether oxygens (including phenoxy) is 9. The van der Waals surface area contributed by atoms with E-state index in [0.717, 1.165) is 82.8 Å². The van der Waals surface area contributed by atoms with Crippen LogP contribution in [0.5, 0.6) is 0 Å². The van der Waals surface area contributed by atoms with E-state index in [1.165, 1.54) is 0 Å². The molecule has 0 amide bonds. The molecule has 0 heterocycles. The molecule has 1 N–H and O–H groups in total. The standard InChI is InChI=1S/C25H43O8.C19H33O6.2Y/c1-17(2)31-20-12-7-8-13-21(20)32-23(28)24(3,4)30-15-14-29-22(27)25(5,6)33-19-11-9-10-18(26)16-19;1-13(2)17(20)22-11-12-23-19(5,6)18(21)25-16-10-8-7-9-15(16)24-14(3)4;;/h18-21,26H,7-16H2,1-6H3;13,15-16H,7-12H2,1-6H3;;/q2*-1;;. The van der Waals surface area contributed by atoms with Crippen LogP contribution in [-0.2, 0) is 127 Å². The van der Waals surface area contributed by atoms with Gasteiger partial charge in [-0.1, -0.05) is 26.7 Å². The van der Waals surface area contributed by atoms with Crippen molar-refractivity contribution < 1.29 is 132 Å². The molecule has 6 atom stereocenters. The molecular formula is C44H76O14Y2-2. The number of carbonyl (C=O) groups excluding carboxylic acids is 4. The molecule has 60 heavy (non-hydrogen) atoms. The summed E-state index contributed by atoms with van der Waals surface area (Å²) in [6.45, 7) is 21.4. The maximum absolute atomic E-state index is 12.7. The maximum Gasteiger partial charge on any atom is 0.338 e. The number of aliphatic hydroxyl groups excluding tert-OH is 1. The molecule has 0 aromatic rings. The van der Waals surface area contributed by atoms with Crippen LogP contribution in [0.25, 0.3) is 0 Å². The maximum atomic E-state index is 12.7. The van der Waals surface area contributed by atoms with Gasteiger partial charge < -0.3 is 47.7 Å². The molecule has 3 fully saturated rings. The first-order valence-electron chi connectivity index (χ1n) is 21.4. The van der Waals surface area contributed by atoms with Crippen molar-refractivity contribution in [3.63, 3.8) is 0 Å². The quantitative estimate of drug-likeness (QED) is 0.0558. The fraction of sp³-hybridized carbons (Fsp3) is 0.864. The predicted octanol–water partition coefficient (Wildman–Crippen LogP) is 7.28. The van der Waals surface area contributed by atoms with Gasteiger partial charge in [0.1, 0.15) is 25.4 Å². The summed E-state index contributed by atoms with van der Waals surface area (Å²) in [6.07, 6.45) is 10.9. The number of hydrogen-bond acceptors (Lipinski definition) is 14. The zero-order chi connectivity index (χ0) is 43.7. The number of carbonyl (C=O) groups is 4.